The molecule has 0 unspecified atom stereocenters. The average molecular weight is 249 g/mol. The molecule has 14 heavy (non-hydrogen) atoms. The number of fused-ring (bicyclic) bond motifs is 1. The first-order valence-corrected chi connectivity index (χ1v) is 5.04. The van der Waals surface area contributed by atoms with Crippen LogP contribution in [0.25, 0.3) is 5.65 Å². The van der Waals surface area contributed by atoms with Crippen LogP contribution in [0, 0.1) is 26.2 Å². The van der Waals surface area contributed by atoms with E-state index in [4.69, 9.17) is 6.42 Å². The zero-order valence-corrected chi connectivity index (χ0v) is 9.59. The summed E-state index contributed by atoms with van der Waals surface area (Å²) >= 11 is 3.45. The molecule has 0 saturated carbocycles. The van der Waals surface area contributed by atoms with Crippen LogP contribution in [0.15, 0.2) is 16.7 Å². The summed E-state index contributed by atoms with van der Waals surface area (Å²) in [5, 5.41) is 0. The van der Waals surface area contributed by atoms with Crippen LogP contribution < -0.4 is 0 Å². The van der Waals surface area contributed by atoms with Crippen LogP contribution in [-0.4, -0.2) is 9.38 Å². The fourth-order valence-corrected chi connectivity index (χ4v) is 2.07. The number of nitrogens with zero attached hydrogens (tertiary/aromatic N) is 2. The summed E-state index contributed by atoms with van der Waals surface area (Å²) in [6.07, 6.45) is 7.34. The molecular weight excluding hydrogens is 240 g/mol. The molecule has 0 fully saturated rings. The lowest BCUT2D eigenvalue weighted by atomic mass is 10.3. The molecule has 0 N–H and O–H groups in total. The Kier molecular flexibility index (Phi) is 2.09. The lowest BCUT2D eigenvalue weighted by Gasteiger charge is -2.00. The maximum atomic E-state index is 5.37. The quantitative estimate of drug-likeness (QED) is 0.656. The van der Waals surface area contributed by atoms with Gasteiger partial charge in [0, 0.05) is 10.7 Å². The average Bonchev–Trinajstić information content (AvgIpc) is 2.44. The third-order valence-corrected chi connectivity index (χ3v) is 2.68. The molecule has 0 atom stereocenters. The molecule has 0 aliphatic carbocycles. The number of halogens is 1. The maximum absolute atomic E-state index is 5.37. The minimum Gasteiger partial charge on any atom is -0.302 e. The van der Waals surface area contributed by atoms with Gasteiger partial charge in [-0.15, -0.1) is 6.42 Å². The van der Waals surface area contributed by atoms with E-state index in [9.17, 15) is 0 Å². The van der Waals surface area contributed by atoms with Crippen molar-refractivity contribution in [3.05, 3.63) is 33.7 Å². The molecule has 0 aliphatic heterocycles. The number of hydrogen-bond donors (Lipinski definition) is 0. The first kappa shape index (κ1) is 9.29. The Bertz CT molecular complexity index is 546. The lowest BCUT2D eigenvalue weighted by molar-refractivity contribution is 1.09. The number of pyridine rings is 1. The number of rotatable bonds is 0. The number of terminal acetylenes is 1. The van der Waals surface area contributed by atoms with Gasteiger partial charge in [-0.1, -0.05) is 0 Å². The maximum Gasteiger partial charge on any atom is 0.141 e. The first-order chi connectivity index (χ1) is 6.63. The van der Waals surface area contributed by atoms with Crippen LogP contribution in [0.4, 0.5) is 0 Å². The van der Waals surface area contributed by atoms with E-state index >= 15 is 0 Å². The van der Waals surface area contributed by atoms with Crippen molar-refractivity contribution in [1.82, 2.24) is 9.38 Å². The molecule has 70 valence electrons. The van der Waals surface area contributed by atoms with Crippen molar-refractivity contribution in [2.75, 3.05) is 0 Å². The van der Waals surface area contributed by atoms with Gasteiger partial charge < -0.3 is 4.40 Å². The van der Waals surface area contributed by atoms with Gasteiger partial charge in [-0.3, -0.25) is 0 Å². The molecule has 2 aromatic rings. The van der Waals surface area contributed by atoms with Gasteiger partial charge in [0.15, 0.2) is 0 Å². The number of aromatic nitrogens is 2. The van der Waals surface area contributed by atoms with Crippen LogP contribution in [0.5, 0.6) is 0 Å². The van der Waals surface area contributed by atoms with Crippen LogP contribution in [0.1, 0.15) is 17.0 Å². The predicted molar refractivity (Wildman–Crippen MR) is 60.3 cm³/mol. The molecule has 0 radical (unpaired) electrons. The third kappa shape index (κ3) is 1.23. The summed E-state index contributed by atoms with van der Waals surface area (Å²) in [5.74, 6) is 2.58. The Morgan fingerprint density at radius 2 is 2.21 bits per heavy atom. The summed E-state index contributed by atoms with van der Waals surface area (Å²) in [4.78, 5) is 4.38. The highest BCUT2D eigenvalue weighted by Gasteiger charge is 2.08. The number of aryl methyl sites for hydroxylation is 2. The summed E-state index contributed by atoms with van der Waals surface area (Å²) in [5.41, 5.74) is 3.76. The second-order valence-corrected chi connectivity index (χ2v) is 4.14. The van der Waals surface area contributed by atoms with Gasteiger partial charge in [-0.2, -0.15) is 0 Å². The van der Waals surface area contributed by atoms with Gasteiger partial charge in [0.2, 0.25) is 0 Å². The summed E-state index contributed by atoms with van der Waals surface area (Å²) in [6.45, 7) is 3.99. The van der Waals surface area contributed by atoms with Gasteiger partial charge in [0.05, 0.1) is 5.69 Å². The standard InChI is InChI=1S/C11H9BrN2/c1-4-10-8(3)14-6-9(12)5-7(2)11(14)13-10/h1,5-6H,2-3H3. The zero-order chi connectivity index (χ0) is 10.3. The van der Waals surface area contributed by atoms with Crippen molar-refractivity contribution in [2.24, 2.45) is 0 Å². The molecule has 0 bridgehead atoms. The Morgan fingerprint density at radius 1 is 1.50 bits per heavy atom. The van der Waals surface area contributed by atoms with E-state index in [1.54, 1.807) is 0 Å². The lowest BCUT2D eigenvalue weighted by Crippen LogP contribution is -1.90. The van der Waals surface area contributed by atoms with Crippen LogP contribution >= 0.6 is 15.9 Å². The highest BCUT2D eigenvalue weighted by molar-refractivity contribution is 9.10. The van der Waals surface area contributed by atoms with E-state index in [-0.39, 0.29) is 0 Å². The van der Waals surface area contributed by atoms with Crippen molar-refractivity contribution in [3.63, 3.8) is 0 Å². The van der Waals surface area contributed by atoms with Crippen LogP contribution in [0.3, 0.4) is 0 Å². The van der Waals surface area contributed by atoms with E-state index in [1.807, 2.05) is 30.5 Å². The Balaban J connectivity index is 2.94. The molecule has 0 spiro atoms. The van der Waals surface area contributed by atoms with Crippen molar-refractivity contribution in [1.29, 1.82) is 0 Å². The summed E-state index contributed by atoms with van der Waals surface area (Å²) in [6, 6.07) is 2.03. The minimum absolute atomic E-state index is 0.714. The number of imidazole rings is 1. The molecule has 0 aromatic carbocycles. The minimum atomic E-state index is 0.714. The second-order valence-electron chi connectivity index (χ2n) is 3.23. The van der Waals surface area contributed by atoms with Crippen molar-refractivity contribution >= 4 is 21.6 Å². The highest BCUT2D eigenvalue weighted by Crippen LogP contribution is 2.19. The predicted octanol–water partition coefficient (Wildman–Crippen LogP) is 2.69. The number of hydrogen-bond acceptors (Lipinski definition) is 1. The monoisotopic (exact) mass is 248 g/mol. The molecule has 2 aromatic heterocycles. The summed E-state index contributed by atoms with van der Waals surface area (Å²) in [7, 11) is 0. The molecule has 0 aliphatic rings. The molecule has 0 saturated heterocycles. The van der Waals surface area contributed by atoms with Crippen LogP contribution in [-0.2, 0) is 0 Å². The Morgan fingerprint density at radius 3 is 2.86 bits per heavy atom. The summed E-state index contributed by atoms with van der Waals surface area (Å²) < 4.78 is 3.04. The van der Waals surface area contributed by atoms with Gasteiger partial charge in [-0.25, -0.2) is 4.98 Å². The molecule has 3 heteroatoms. The smallest absolute Gasteiger partial charge is 0.141 e. The van der Waals surface area contributed by atoms with Gasteiger partial charge in [0.25, 0.3) is 0 Å². The van der Waals surface area contributed by atoms with E-state index in [0.29, 0.717) is 5.69 Å². The van der Waals surface area contributed by atoms with Crippen LogP contribution in [0.2, 0.25) is 0 Å². The fraction of sp³-hybridized carbons (Fsp3) is 0.182. The zero-order valence-electron chi connectivity index (χ0n) is 8.00. The second kappa shape index (κ2) is 3.14. The Labute approximate surface area is 91.1 Å². The van der Waals surface area contributed by atoms with Crippen molar-refractivity contribution in [2.45, 2.75) is 13.8 Å². The largest absolute Gasteiger partial charge is 0.302 e. The molecule has 2 heterocycles. The van der Waals surface area contributed by atoms with Gasteiger partial charge in [-0.05, 0) is 47.3 Å². The first-order valence-electron chi connectivity index (χ1n) is 4.25. The molecule has 2 nitrogen and oxygen atoms in total. The Hall–Kier alpha value is -1.27. The van der Waals surface area contributed by atoms with Crippen molar-refractivity contribution < 1.29 is 0 Å². The highest BCUT2D eigenvalue weighted by atomic mass is 79.9. The normalized spacial score (nSPS) is 10.4. The van der Waals surface area contributed by atoms with E-state index < -0.39 is 0 Å². The molecule has 2 rings (SSSR count). The van der Waals surface area contributed by atoms with Gasteiger partial charge in [0.1, 0.15) is 11.3 Å². The van der Waals surface area contributed by atoms with E-state index in [0.717, 1.165) is 21.4 Å². The van der Waals surface area contributed by atoms with E-state index in [1.165, 1.54) is 0 Å². The fourth-order valence-electron chi connectivity index (χ4n) is 1.52. The topological polar surface area (TPSA) is 17.3 Å². The van der Waals surface area contributed by atoms with Crippen molar-refractivity contribution in [3.8, 4) is 12.3 Å². The van der Waals surface area contributed by atoms with E-state index in [2.05, 4.69) is 26.8 Å². The third-order valence-electron chi connectivity index (χ3n) is 2.25. The van der Waals surface area contributed by atoms with Gasteiger partial charge >= 0.3 is 0 Å². The molecule has 0 amide bonds. The SMILES string of the molecule is C#Cc1nc2c(C)cc(Br)cn2c1C. The molecular formula is C11H9BrN2.